The van der Waals surface area contributed by atoms with Crippen LogP contribution in [0.1, 0.15) is 58.6 Å². The maximum absolute atomic E-state index is 13.1. The summed E-state index contributed by atoms with van der Waals surface area (Å²) in [5.41, 5.74) is 3.39. The number of aryl methyl sites for hydroxylation is 1. The highest BCUT2D eigenvalue weighted by Crippen LogP contribution is 2.59. The lowest BCUT2D eigenvalue weighted by atomic mass is 9.89. The molecule has 6 heteroatoms. The zero-order valence-electron chi connectivity index (χ0n) is 17.4. The number of thiophene rings is 1. The van der Waals surface area contributed by atoms with Crippen LogP contribution in [0.2, 0.25) is 0 Å². The highest BCUT2D eigenvalue weighted by Gasteiger charge is 2.58. The van der Waals surface area contributed by atoms with Crippen molar-refractivity contribution in [1.82, 2.24) is 15.2 Å². The Balaban J connectivity index is 1.12. The summed E-state index contributed by atoms with van der Waals surface area (Å²) in [6, 6.07) is 5.86. The first-order chi connectivity index (χ1) is 14.7. The fourth-order valence-electron chi connectivity index (χ4n) is 5.25. The Morgan fingerprint density at radius 1 is 1.20 bits per heavy atom. The van der Waals surface area contributed by atoms with Gasteiger partial charge in [-0.2, -0.15) is 0 Å². The van der Waals surface area contributed by atoms with Crippen LogP contribution in [-0.4, -0.2) is 41.3 Å². The monoisotopic (exact) mass is 423 g/mol. The van der Waals surface area contributed by atoms with Gasteiger partial charge in [0.2, 0.25) is 5.91 Å². The first-order valence-electron chi connectivity index (χ1n) is 11.2. The molecule has 0 aromatic carbocycles. The summed E-state index contributed by atoms with van der Waals surface area (Å²) in [5, 5.41) is 5.18. The van der Waals surface area contributed by atoms with E-state index in [1.807, 2.05) is 23.1 Å². The molecule has 158 valence electrons. The molecule has 1 aliphatic heterocycles. The van der Waals surface area contributed by atoms with Crippen LogP contribution < -0.4 is 5.32 Å². The Kier molecular flexibility index (Phi) is 5.35. The second-order valence-corrected chi connectivity index (χ2v) is 10.00. The number of rotatable bonds is 5. The fraction of sp³-hybridized carbons (Fsp3) is 0.542. The second kappa shape index (κ2) is 8.14. The Hall–Kier alpha value is -2.21. The minimum Gasteiger partial charge on any atom is -0.355 e. The first kappa shape index (κ1) is 19.7. The maximum atomic E-state index is 13.1. The molecule has 30 heavy (non-hydrogen) atoms. The summed E-state index contributed by atoms with van der Waals surface area (Å²) in [6.07, 6.45) is 10.0. The summed E-state index contributed by atoms with van der Waals surface area (Å²) < 4.78 is 0. The molecule has 1 N–H and O–H groups in total. The molecule has 5 rings (SSSR count). The lowest BCUT2D eigenvalue weighted by Gasteiger charge is -2.33. The average molecular weight is 424 g/mol. The molecule has 2 fully saturated rings. The molecule has 1 spiro atoms. The van der Waals surface area contributed by atoms with Crippen molar-refractivity contribution in [2.24, 2.45) is 11.3 Å². The highest BCUT2D eigenvalue weighted by molar-refractivity contribution is 7.10. The molecule has 3 aliphatic rings. The van der Waals surface area contributed by atoms with Gasteiger partial charge in [-0.1, -0.05) is 6.07 Å². The van der Waals surface area contributed by atoms with E-state index in [1.165, 1.54) is 23.3 Å². The Labute approximate surface area is 181 Å². The van der Waals surface area contributed by atoms with Crippen LogP contribution in [0, 0.1) is 11.3 Å². The van der Waals surface area contributed by atoms with Crippen LogP contribution in [0.4, 0.5) is 0 Å². The van der Waals surface area contributed by atoms with Crippen molar-refractivity contribution < 1.29 is 9.59 Å². The predicted molar refractivity (Wildman–Crippen MR) is 118 cm³/mol. The van der Waals surface area contributed by atoms with Gasteiger partial charge in [-0.05, 0) is 68.1 Å². The van der Waals surface area contributed by atoms with Gasteiger partial charge in [0, 0.05) is 54.1 Å². The van der Waals surface area contributed by atoms with Gasteiger partial charge in [0.1, 0.15) is 0 Å². The number of nitrogens with zero attached hydrogens (tertiary/aromatic N) is 2. The van der Waals surface area contributed by atoms with E-state index in [2.05, 4.69) is 15.7 Å². The van der Waals surface area contributed by atoms with E-state index < -0.39 is 0 Å². The van der Waals surface area contributed by atoms with E-state index in [1.54, 1.807) is 17.5 Å². The number of nitrogens with one attached hydrogen (secondary N) is 1. The topological polar surface area (TPSA) is 62.3 Å². The number of hydrogen-bond acceptors (Lipinski definition) is 4. The van der Waals surface area contributed by atoms with Gasteiger partial charge in [-0.15, -0.1) is 11.3 Å². The highest BCUT2D eigenvalue weighted by atomic mass is 32.1. The van der Waals surface area contributed by atoms with E-state index in [4.69, 9.17) is 0 Å². The number of amides is 2. The number of hydrogen-bond donors (Lipinski definition) is 1. The molecule has 2 amide bonds. The molecule has 0 bridgehead atoms. The van der Waals surface area contributed by atoms with Crippen LogP contribution in [0.5, 0.6) is 0 Å². The van der Waals surface area contributed by atoms with Crippen molar-refractivity contribution in [3.05, 3.63) is 51.5 Å². The van der Waals surface area contributed by atoms with Crippen molar-refractivity contribution in [3.63, 3.8) is 0 Å². The number of piperidine rings is 1. The molecule has 1 saturated carbocycles. The number of aromatic nitrogens is 1. The third kappa shape index (κ3) is 3.78. The van der Waals surface area contributed by atoms with E-state index in [-0.39, 0.29) is 23.1 Å². The predicted octanol–water partition coefficient (Wildman–Crippen LogP) is 3.62. The standard InChI is InChI=1S/C24H29N3O2S/c28-22(26-12-8-17-5-3-4-11-25-17)20-15-24(20)9-13-27(14-10-24)23(29)19-16-30-21-7-2-1-6-18(19)21/h3-5,11,16,20H,1-2,6-10,12-15H2,(H,26,28)/t20-/m0/s1. The lowest BCUT2D eigenvalue weighted by Crippen LogP contribution is -2.41. The van der Waals surface area contributed by atoms with Crippen LogP contribution in [-0.2, 0) is 24.1 Å². The van der Waals surface area contributed by atoms with Crippen molar-refractivity contribution >= 4 is 23.2 Å². The second-order valence-electron chi connectivity index (χ2n) is 9.03. The first-order valence-corrected chi connectivity index (χ1v) is 12.1. The minimum absolute atomic E-state index is 0.118. The molecular weight excluding hydrogens is 394 g/mol. The van der Waals surface area contributed by atoms with Crippen molar-refractivity contribution in [2.75, 3.05) is 19.6 Å². The van der Waals surface area contributed by atoms with Gasteiger partial charge < -0.3 is 10.2 Å². The van der Waals surface area contributed by atoms with Crippen molar-refractivity contribution in [1.29, 1.82) is 0 Å². The van der Waals surface area contributed by atoms with Gasteiger partial charge in [-0.25, -0.2) is 0 Å². The molecule has 2 aromatic heterocycles. The van der Waals surface area contributed by atoms with Crippen LogP contribution >= 0.6 is 11.3 Å². The normalized spacial score (nSPS) is 21.9. The average Bonchev–Trinajstić information content (AvgIpc) is 3.31. The van der Waals surface area contributed by atoms with E-state index in [9.17, 15) is 9.59 Å². The van der Waals surface area contributed by atoms with Gasteiger partial charge in [0.15, 0.2) is 0 Å². The summed E-state index contributed by atoms with van der Waals surface area (Å²) in [5.74, 6) is 0.506. The zero-order valence-corrected chi connectivity index (χ0v) is 18.2. The SMILES string of the molecule is O=C(NCCc1ccccn1)[C@@H]1CC12CCN(C(=O)c1csc3c1CCCC3)CC2. The Morgan fingerprint density at radius 3 is 2.83 bits per heavy atom. The largest absolute Gasteiger partial charge is 0.355 e. The van der Waals surface area contributed by atoms with Crippen molar-refractivity contribution in [2.45, 2.75) is 51.4 Å². The van der Waals surface area contributed by atoms with Gasteiger partial charge in [-0.3, -0.25) is 14.6 Å². The number of pyridine rings is 1. The van der Waals surface area contributed by atoms with Crippen LogP contribution in [0.3, 0.4) is 0 Å². The smallest absolute Gasteiger partial charge is 0.254 e. The van der Waals surface area contributed by atoms with Gasteiger partial charge in [0.05, 0.1) is 5.56 Å². The molecule has 2 aliphatic carbocycles. The summed E-state index contributed by atoms with van der Waals surface area (Å²) in [6.45, 7) is 2.19. The minimum atomic E-state index is 0.118. The lowest BCUT2D eigenvalue weighted by molar-refractivity contribution is -0.123. The van der Waals surface area contributed by atoms with E-state index in [0.717, 1.165) is 62.9 Å². The Bertz CT molecular complexity index is 931. The van der Waals surface area contributed by atoms with Crippen molar-refractivity contribution in [3.8, 4) is 0 Å². The number of likely N-dealkylation sites (tertiary alicyclic amines) is 1. The van der Waals surface area contributed by atoms with E-state index in [0.29, 0.717) is 6.54 Å². The molecule has 0 unspecified atom stereocenters. The molecule has 0 radical (unpaired) electrons. The molecular formula is C24H29N3O2S. The summed E-state index contributed by atoms with van der Waals surface area (Å²) in [4.78, 5) is 33.5. The fourth-order valence-corrected chi connectivity index (χ4v) is 6.37. The van der Waals surface area contributed by atoms with Crippen LogP contribution in [0.15, 0.2) is 29.8 Å². The Morgan fingerprint density at radius 2 is 2.03 bits per heavy atom. The summed E-state index contributed by atoms with van der Waals surface area (Å²) in [7, 11) is 0. The number of carbonyl (C=O) groups excluding carboxylic acids is 2. The van der Waals surface area contributed by atoms with Crippen LogP contribution in [0.25, 0.3) is 0 Å². The molecule has 5 nitrogen and oxygen atoms in total. The molecule has 2 aromatic rings. The molecule has 1 atom stereocenters. The number of carbonyl (C=O) groups is 2. The molecule has 3 heterocycles. The number of fused-ring (bicyclic) bond motifs is 1. The quantitative estimate of drug-likeness (QED) is 0.799. The van der Waals surface area contributed by atoms with Gasteiger partial charge in [0.25, 0.3) is 5.91 Å². The van der Waals surface area contributed by atoms with E-state index >= 15 is 0 Å². The maximum Gasteiger partial charge on any atom is 0.254 e. The van der Waals surface area contributed by atoms with Gasteiger partial charge >= 0.3 is 0 Å². The third-order valence-corrected chi connectivity index (χ3v) is 8.34. The third-order valence-electron chi connectivity index (χ3n) is 7.25. The molecule has 1 saturated heterocycles. The zero-order chi connectivity index (χ0) is 20.6. The summed E-state index contributed by atoms with van der Waals surface area (Å²) >= 11 is 1.76.